The molecule has 0 spiro atoms. The standard InChI is InChI=1S/C11H9F3N4O2.C10H7F3N4O3/c1-6(19)8-5-18(17-9(8)20-2)7-3-15-10(16-4-7)11(12,13)14;1-20-7-6(8(18)19)4-17(16-7)5-2-14-9(15-3-5)10(11,12)13/h3-5H,1-2H3;2-4H,1H3,(H,18,19). The third-order valence-corrected chi connectivity index (χ3v) is 4.67. The average Bonchev–Trinajstić information content (AvgIpc) is 3.53. The molecule has 4 aromatic heterocycles. The van der Waals surface area contributed by atoms with Gasteiger partial charge in [0.2, 0.25) is 23.4 Å². The van der Waals surface area contributed by atoms with Gasteiger partial charge in [0.15, 0.2) is 5.78 Å². The summed E-state index contributed by atoms with van der Waals surface area (Å²) in [7, 11) is 2.56. The normalized spacial score (nSPS) is 11.4. The second-order valence-electron chi connectivity index (χ2n) is 7.38. The van der Waals surface area contributed by atoms with Crippen molar-refractivity contribution in [1.82, 2.24) is 39.5 Å². The van der Waals surface area contributed by atoms with E-state index < -0.39 is 30.0 Å². The maximum absolute atomic E-state index is 12.3. The summed E-state index contributed by atoms with van der Waals surface area (Å²) in [4.78, 5) is 35.0. The summed E-state index contributed by atoms with van der Waals surface area (Å²) < 4.78 is 85.8. The summed E-state index contributed by atoms with van der Waals surface area (Å²) in [5.41, 5.74) is 0.243. The van der Waals surface area contributed by atoms with Crippen molar-refractivity contribution >= 4 is 11.8 Å². The van der Waals surface area contributed by atoms with Gasteiger partial charge in [-0.2, -0.15) is 26.3 Å². The van der Waals surface area contributed by atoms with E-state index in [-0.39, 0.29) is 40.0 Å². The van der Waals surface area contributed by atoms with Gasteiger partial charge in [-0.1, -0.05) is 0 Å². The first-order valence-electron chi connectivity index (χ1n) is 10.5. The summed E-state index contributed by atoms with van der Waals surface area (Å²) in [6.07, 6.45) is -3.13. The SMILES string of the molecule is COc1nn(-c2cnc(C(F)(F)F)nc2)cc1C(=O)O.COc1nn(-c2cnc(C(F)(F)F)nc2)cc1C(C)=O. The van der Waals surface area contributed by atoms with Crippen molar-refractivity contribution in [3.05, 3.63) is 60.0 Å². The van der Waals surface area contributed by atoms with Crippen molar-refractivity contribution in [2.75, 3.05) is 14.2 Å². The molecule has 0 amide bonds. The molecule has 0 aliphatic carbocycles. The van der Waals surface area contributed by atoms with Crippen LogP contribution in [0.4, 0.5) is 26.3 Å². The van der Waals surface area contributed by atoms with Gasteiger partial charge in [0.05, 0.1) is 44.6 Å². The Labute approximate surface area is 219 Å². The summed E-state index contributed by atoms with van der Waals surface area (Å²) in [5, 5.41) is 16.6. The number of carboxylic acids is 1. The molecule has 212 valence electrons. The molecule has 0 unspecified atom stereocenters. The third-order valence-electron chi connectivity index (χ3n) is 4.67. The number of ether oxygens (including phenoxy) is 2. The predicted molar refractivity (Wildman–Crippen MR) is 118 cm³/mol. The van der Waals surface area contributed by atoms with Crippen LogP contribution in [0.3, 0.4) is 0 Å². The smallest absolute Gasteiger partial charge is 0.451 e. The van der Waals surface area contributed by atoms with Crippen molar-refractivity contribution in [1.29, 1.82) is 0 Å². The lowest BCUT2D eigenvalue weighted by atomic mass is 10.2. The minimum absolute atomic E-state index is 0.0730. The number of alkyl halides is 6. The van der Waals surface area contributed by atoms with E-state index in [0.717, 1.165) is 35.7 Å². The van der Waals surface area contributed by atoms with Crippen molar-refractivity contribution in [3.8, 4) is 23.1 Å². The quantitative estimate of drug-likeness (QED) is 0.266. The summed E-state index contributed by atoms with van der Waals surface area (Å²) in [5.74, 6) is -4.18. The van der Waals surface area contributed by atoms with Crippen molar-refractivity contribution in [3.63, 3.8) is 0 Å². The lowest BCUT2D eigenvalue weighted by Crippen LogP contribution is -2.11. The van der Waals surface area contributed by atoms with Crippen LogP contribution in [0.2, 0.25) is 0 Å². The molecular formula is C21H16F6N8O5. The number of hydrogen-bond donors (Lipinski definition) is 1. The zero-order valence-corrected chi connectivity index (χ0v) is 20.4. The van der Waals surface area contributed by atoms with Crippen molar-refractivity contribution < 1.29 is 50.5 Å². The number of methoxy groups -OCH3 is 2. The fraction of sp³-hybridized carbons (Fsp3) is 0.238. The van der Waals surface area contributed by atoms with Gasteiger partial charge in [0.25, 0.3) is 0 Å². The molecule has 4 aromatic rings. The molecule has 0 fully saturated rings. The Morgan fingerprint density at radius 2 is 1.07 bits per heavy atom. The number of Topliss-reactive ketones (excluding diaryl/α,β-unsaturated/α-hetero) is 1. The number of halogens is 6. The summed E-state index contributed by atoms with van der Waals surface area (Å²) in [6, 6.07) is 0. The molecule has 13 nitrogen and oxygen atoms in total. The molecule has 0 radical (unpaired) electrons. The van der Waals surface area contributed by atoms with Gasteiger partial charge in [0, 0.05) is 12.4 Å². The first kappa shape index (κ1) is 29.5. The van der Waals surface area contributed by atoms with E-state index in [1.165, 1.54) is 32.0 Å². The van der Waals surface area contributed by atoms with Crippen LogP contribution in [0.25, 0.3) is 11.4 Å². The Morgan fingerprint density at radius 1 is 0.725 bits per heavy atom. The number of ketones is 1. The fourth-order valence-electron chi connectivity index (χ4n) is 2.84. The van der Waals surface area contributed by atoms with Crippen LogP contribution in [0.15, 0.2) is 37.2 Å². The highest BCUT2D eigenvalue weighted by atomic mass is 19.4. The number of aromatic carboxylic acids is 1. The van der Waals surface area contributed by atoms with E-state index >= 15 is 0 Å². The number of rotatable bonds is 6. The van der Waals surface area contributed by atoms with E-state index in [9.17, 15) is 35.9 Å². The lowest BCUT2D eigenvalue weighted by Gasteiger charge is -2.05. The highest BCUT2D eigenvalue weighted by Gasteiger charge is 2.35. The van der Waals surface area contributed by atoms with Gasteiger partial charge >= 0.3 is 18.3 Å². The second-order valence-corrected chi connectivity index (χ2v) is 7.38. The zero-order valence-electron chi connectivity index (χ0n) is 20.4. The van der Waals surface area contributed by atoms with Crippen LogP contribution in [0.5, 0.6) is 11.8 Å². The van der Waals surface area contributed by atoms with E-state index in [1.54, 1.807) is 0 Å². The monoisotopic (exact) mass is 574 g/mol. The molecule has 0 aliphatic heterocycles. The molecule has 4 heterocycles. The van der Waals surface area contributed by atoms with Crippen LogP contribution in [-0.4, -0.2) is 70.6 Å². The number of aromatic nitrogens is 8. The molecule has 4 rings (SSSR count). The second kappa shape index (κ2) is 11.3. The van der Waals surface area contributed by atoms with E-state index in [1.807, 2.05) is 0 Å². The Morgan fingerprint density at radius 3 is 1.32 bits per heavy atom. The van der Waals surface area contributed by atoms with Crippen LogP contribution in [0.1, 0.15) is 39.3 Å². The van der Waals surface area contributed by atoms with Gasteiger partial charge < -0.3 is 14.6 Å². The minimum atomic E-state index is -4.65. The Bertz CT molecular complexity index is 1380. The number of carbonyl (C=O) groups excluding carboxylic acids is 1. The Hall–Kier alpha value is -5.10. The van der Waals surface area contributed by atoms with Gasteiger partial charge in [-0.15, -0.1) is 10.2 Å². The first-order valence-corrected chi connectivity index (χ1v) is 10.5. The van der Waals surface area contributed by atoms with Crippen LogP contribution >= 0.6 is 0 Å². The topological polar surface area (TPSA) is 160 Å². The lowest BCUT2D eigenvalue weighted by molar-refractivity contribution is -0.145. The number of nitrogens with zero attached hydrogens (tertiary/aromatic N) is 8. The Balaban J connectivity index is 0.000000220. The van der Waals surface area contributed by atoms with E-state index in [4.69, 9.17) is 14.6 Å². The molecule has 1 N–H and O–H groups in total. The zero-order chi connectivity index (χ0) is 29.8. The molecule has 40 heavy (non-hydrogen) atoms. The number of carboxylic acid groups (broad SMARTS) is 1. The molecule has 0 saturated heterocycles. The van der Waals surface area contributed by atoms with Crippen LogP contribution in [-0.2, 0) is 12.4 Å². The summed E-state index contributed by atoms with van der Waals surface area (Å²) >= 11 is 0. The van der Waals surface area contributed by atoms with Gasteiger partial charge in [-0.25, -0.2) is 34.1 Å². The fourth-order valence-corrected chi connectivity index (χ4v) is 2.84. The molecule has 0 atom stereocenters. The first-order chi connectivity index (χ1) is 18.6. The van der Waals surface area contributed by atoms with Gasteiger partial charge in [-0.3, -0.25) is 4.79 Å². The van der Waals surface area contributed by atoms with Gasteiger partial charge in [0.1, 0.15) is 16.9 Å². The molecular weight excluding hydrogens is 558 g/mol. The van der Waals surface area contributed by atoms with Crippen molar-refractivity contribution in [2.24, 2.45) is 0 Å². The molecule has 0 bridgehead atoms. The highest BCUT2D eigenvalue weighted by molar-refractivity contribution is 5.96. The largest absolute Gasteiger partial charge is 0.479 e. The van der Waals surface area contributed by atoms with Crippen LogP contribution < -0.4 is 9.47 Å². The third kappa shape index (κ3) is 6.66. The Kier molecular flexibility index (Phi) is 8.35. The number of carbonyl (C=O) groups is 2. The highest BCUT2D eigenvalue weighted by Crippen LogP contribution is 2.27. The maximum Gasteiger partial charge on any atom is 0.451 e. The molecule has 0 saturated carbocycles. The predicted octanol–water partition coefficient (Wildman–Crippen LogP) is 3.28. The molecule has 19 heteroatoms. The maximum atomic E-state index is 12.3. The molecule has 0 aromatic carbocycles. The summed E-state index contributed by atoms with van der Waals surface area (Å²) in [6.45, 7) is 1.33. The van der Waals surface area contributed by atoms with Crippen LogP contribution in [0, 0.1) is 0 Å². The minimum Gasteiger partial charge on any atom is -0.479 e. The molecule has 0 aliphatic rings. The average molecular weight is 574 g/mol. The van der Waals surface area contributed by atoms with E-state index in [2.05, 4.69) is 30.1 Å². The van der Waals surface area contributed by atoms with E-state index in [0.29, 0.717) is 0 Å². The van der Waals surface area contributed by atoms with Crippen molar-refractivity contribution in [2.45, 2.75) is 19.3 Å². The van der Waals surface area contributed by atoms with Gasteiger partial charge in [-0.05, 0) is 6.92 Å². The number of hydrogen-bond acceptors (Lipinski definition) is 10.